The van der Waals surface area contributed by atoms with E-state index < -0.39 is 0 Å². The number of rotatable bonds is 3. The van der Waals surface area contributed by atoms with Crippen molar-refractivity contribution in [2.45, 2.75) is 6.54 Å². The number of nitriles is 1. The molecule has 2 aromatic heterocycles. The van der Waals surface area contributed by atoms with E-state index in [2.05, 4.69) is 25.2 Å². The molecule has 0 unspecified atom stereocenters. The number of nitrogens with zero attached hydrogens (tertiary/aromatic N) is 6. The molecule has 0 aromatic carbocycles. The molecule has 0 N–H and O–H groups in total. The van der Waals surface area contributed by atoms with Gasteiger partial charge >= 0.3 is 0 Å². The van der Waals surface area contributed by atoms with E-state index in [9.17, 15) is 0 Å². The van der Waals surface area contributed by atoms with Crippen molar-refractivity contribution in [3.63, 3.8) is 0 Å². The molecule has 3 heterocycles. The molecule has 1 aliphatic rings. The normalized spacial score (nSPS) is 16.1. The first-order chi connectivity index (χ1) is 10.2. The van der Waals surface area contributed by atoms with Crippen molar-refractivity contribution in [2.75, 3.05) is 31.1 Å². The minimum Gasteiger partial charge on any atom is -0.358 e. The summed E-state index contributed by atoms with van der Waals surface area (Å²) in [6.07, 6.45) is 3.79. The highest BCUT2D eigenvalue weighted by Gasteiger charge is 2.23. The van der Waals surface area contributed by atoms with Gasteiger partial charge in [-0.3, -0.25) is 4.90 Å². The van der Waals surface area contributed by atoms with Crippen molar-refractivity contribution in [1.29, 1.82) is 5.26 Å². The van der Waals surface area contributed by atoms with Gasteiger partial charge in [0.2, 0.25) is 0 Å². The fraction of sp³-hybridized carbons (Fsp3) is 0.462. The van der Waals surface area contributed by atoms with Crippen LogP contribution in [0.5, 0.6) is 0 Å². The van der Waals surface area contributed by atoms with Gasteiger partial charge in [-0.2, -0.15) is 9.64 Å². The molecule has 8 heteroatoms. The molecule has 6 nitrogen and oxygen atoms in total. The molecular weight excluding hydrogens is 308 g/mol. The highest BCUT2D eigenvalue weighted by atomic mass is 35.5. The van der Waals surface area contributed by atoms with Crippen LogP contribution in [0, 0.1) is 11.3 Å². The Morgan fingerprint density at radius 3 is 2.76 bits per heavy atom. The number of aromatic nitrogens is 3. The SMILES string of the molecule is Cn1ccnc1CN1CCN(c2snc(Cl)c2C#N)CC1. The average Bonchev–Trinajstić information content (AvgIpc) is 3.06. The van der Waals surface area contributed by atoms with Gasteiger partial charge in [-0.05, 0) is 11.5 Å². The number of aryl methyl sites for hydroxylation is 1. The average molecular weight is 323 g/mol. The third-order valence-corrected chi connectivity index (χ3v) is 4.97. The Kier molecular flexibility index (Phi) is 4.10. The maximum atomic E-state index is 9.16. The van der Waals surface area contributed by atoms with Gasteiger partial charge in [0, 0.05) is 45.6 Å². The Balaban J connectivity index is 1.63. The number of imidazole rings is 1. The molecule has 0 atom stereocenters. The molecule has 0 bridgehead atoms. The van der Waals surface area contributed by atoms with Gasteiger partial charge in [0.05, 0.1) is 6.54 Å². The van der Waals surface area contributed by atoms with Gasteiger partial charge in [0.15, 0.2) is 5.15 Å². The number of halogens is 1. The van der Waals surface area contributed by atoms with E-state index in [4.69, 9.17) is 16.9 Å². The van der Waals surface area contributed by atoms with Crippen LogP contribution < -0.4 is 4.90 Å². The summed E-state index contributed by atoms with van der Waals surface area (Å²) in [5.74, 6) is 1.07. The third kappa shape index (κ3) is 2.88. The molecule has 0 radical (unpaired) electrons. The highest BCUT2D eigenvalue weighted by Crippen LogP contribution is 2.31. The zero-order chi connectivity index (χ0) is 14.8. The minimum atomic E-state index is 0.313. The molecule has 0 saturated carbocycles. The number of piperazine rings is 1. The first kappa shape index (κ1) is 14.3. The lowest BCUT2D eigenvalue weighted by molar-refractivity contribution is 0.242. The van der Waals surface area contributed by atoms with E-state index in [1.165, 1.54) is 11.5 Å². The third-order valence-electron chi connectivity index (χ3n) is 3.69. The smallest absolute Gasteiger partial charge is 0.162 e. The molecule has 110 valence electrons. The van der Waals surface area contributed by atoms with Crippen LogP contribution in [0.2, 0.25) is 5.15 Å². The second kappa shape index (κ2) is 6.02. The molecule has 1 saturated heterocycles. The van der Waals surface area contributed by atoms with E-state index in [1.54, 1.807) is 0 Å². The molecule has 0 aliphatic carbocycles. The van der Waals surface area contributed by atoms with Crippen LogP contribution in [0.15, 0.2) is 12.4 Å². The lowest BCUT2D eigenvalue weighted by atomic mass is 10.3. The summed E-state index contributed by atoms with van der Waals surface area (Å²) in [4.78, 5) is 8.92. The highest BCUT2D eigenvalue weighted by molar-refractivity contribution is 7.10. The number of hydrogen-bond acceptors (Lipinski definition) is 6. The molecule has 3 rings (SSSR count). The summed E-state index contributed by atoms with van der Waals surface area (Å²) >= 11 is 7.24. The Bertz CT molecular complexity index is 664. The Morgan fingerprint density at radius 1 is 1.38 bits per heavy atom. The van der Waals surface area contributed by atoms with Gasteiger partial charge in [0.1, 0.15) is 22.5 Å². The van der Waals surface area contributed by atoms with Crippen molar-refractivity contribution in [3.05, 3.63) is 28.9 Å². The Hall–Kier alpha value is -1.62. The summed E-state index contributed by atoms with van der Waals surface area (Å²) in [5, 5.41) is 10.4. The van der Waals surface area contributed by atoms with Crippen molar-refractivity contribution in [3.8, 4) is 6.07 Å². The van der Waals surface area contributed by atoms with Crippen LogP contribution in [0.1, 0.15) is 11.4 Å². The largest absolute Gasteiger partial charge is 0.358 e. The predicted octanol–water partition coefficient (Wildman–Crippen LogP) is 1.72. The van der Waals surface area contributed by atoms with Gasteiger partial charge in [0.25, 0.3) is 0 Å². The zero-order valence-electron chi connectivity index (χ0n) is 11.7. The monoisotopic (exact) mass is 322 g/mol. The predicted molar refractivity (Wildman–Crippen MR) is 82.5 cm³/mol. The zero-order valence-corrected chi connectivity index (χ0v) is 13.2. The van der Waals surface area contributed by atoms with Crippen LogP contribution in [-0.2, 0) is 13.6 Å². The van der Waals surface area contributed by atoms with Crippen LogP contribution in [0.3, 0.4) is 0 Å². The maximum absolute atomic E-state index is 9.16. The summed E-state index contributed by atoms with van der Waals surface area (Å²) < 4.78 is 6.11. The van der Waals surface area contributed by atoms with Crippen molar-refractivity contribution < 1.29 is 0 Å². The quantitative estimate of drug-likeness (QED) is 0.861. The standard InChI is InChI=1S/C13H15ClN6S/c1-18-3-2-16-11(18)9-19-4-6-20(7-5-19)13-10(8-15)12(14)17-21-13/h2-3H,4-7,9H2,1H3. The van der Waals surface area contributed by atoms with Crippen molar-refractivity contribution >= 4 is 28.1 Å². The Labute approximate surface area is 132 Å². The summed E-state index contributed by atoms with van der Waals surface area (Å²) in [7, 11) is 2.01. The first-order valence-electron chi connectivity index (χ1n) is 6.68. The van der Waals surface area contributed by atoms with Gasteiger partial charge < -0.3 is 9.47 Å². The van der Waals surface area contributed by atoms with E-state index in [0.717, 1.165) is 43.5 Å². The maximum Gasteiger partial charge on any atom is 0.162 e. The summed E-state index contributed by atoms with van der Waals surface area (Å²) in [6, 6.07) is 2.14. The number of hydrogen-bond donors (Lipinski definition) is 0. The minimum absolute atomic E-state index is 0.313. The van der Waals surface area contributed by atoms with Crippen LogP contribution in [0.4, 0.5) is 5.00 Å². The molecule has 21 heavy (non-hydrogen) atoms. The van der Waals surface area contributed by atoms with Crippen molar-refractivity contribution in [1.82, 2.24) is 18.8 Å². The fourth-order valence-corrected chi connectivity index (χ4v) is 3.51. The van der Waals surface area contributed by atoms with Crippen LogP contribution in [-0.4, -0.2) is 45.0 Å². The van der Waals surface area contributed by atoms with E-state index >= 15 is 0 Å². The topological polar surface area (TPSA) is 61.0 Å². The van der Waals surface area contributed by atoms with E-state index in [-0.39, 0.29) is 0 Å². The lowest BCUT2D eigenvalue weighted by Crippen LogP contribution is -2.46. The molecule has 1 fully saturated rings. The molecule has 0 amide bonds. The molecule has 0 spiro atoms. The van der Waals surface area contributed by atoms with E-state index in [1.807, 2.05) is 24.0 Å². The van der Waals surface area contributed by atoms with Gasteiger partial charge in [-0.25, -0.2) is 4.98 Å². The second-order valence-corrected chi connectivity index (χ2v) is 6.09. The van der Waals surface area contributed by atoms with Gasteiger partial charge in [-0.1, -0.05) is 11.6 Å². The Morgan fingerprint density at radius 2 is 2.14 bits per heavy atom. The molecular formula is C13H15ClN6S. The second-order valence-electron chi connectivity index (χ2n) is 4.98. The van der Waals surface area contributed by atoms with Crippen LogP contribution in [0.25, 0.3) is 0 Å². The first-order valence-corrected chi connectivity index (χ1v) is 7.83. The summed E-state index contributed by atoms with van der Waals surface area (Å²) in [6.45, 7) is 4.47. The van der Waals surface area contributed by atoms with Gasteiger partial charge in [-0.15, -0.1) is 0 Å². The van der Waals surface area contributed by atoms with Crippen molar-refractivity contribution in [2.24, 2.45) is 7.05 Å². The lowest BCUT2D eigenvalue weighted by Gasteiger charge is -2.34. The fourth-order valence-electron chi connectivity index (χ4n) is 2.43. The van der Waals surface area contributed by atoms with E-state index in [0.29, 0.717) is 10.7 Å². The van der Waals surface area contributed by atoms with Crippen LogP contribution >= 0.6 is 23.1 Å². The molecule has 2 aromatic rings. The summed E-state index contributed by atoms with van der Waals surface area (Å²) in [5.41, 5.74) is 0.499. The number of anilines is 1. The molecule has 1 aliphatic heterocycles.